The highest BCUT2D eigenvalue weighted by Crippen LogP contribution is 2.32. The lowest BCUT2D eigenvalue weighted by atomic mass is 10.00. The second kappa shape index (κ2) is 5.56. The molecule has 0 aliphatic carbocycles. The fourth-order valence-corrected chi connectivity index (χ4v) is 2.95. The highest BCUT2D eigenvalue weighted by molar-refractivity contribution is 5.94. The third-order valence-electron chi connectivity index (χ3n) is 4.15. The third kappa shape index (κ3) is 2.36. The van der Waals surface area contributed by atoms with Crippen LogP contribution in [-0.4, -0.2) is 29.9 Å². The molecule has 4 rings (SSSR count). The van der Waals surface area contributed by atoms with Crippen LogP contribution in [0.1, 0.15) is 25.5 Å². The van der Waals surface area contributed by atoms with Gasteiger partial charge in [-0.1, -0.05) is 19.9 Å². The van der Waals surface area contributed by atoms with Crippen molar-refractivity contribution < 1.29 is 0 Å². The maximum atomic E-state index is 4.51. The van der Waals surface area contributed by atoms with Crippen molar-refractivity contribution in [2.24, 2.45) is 7.05 Å². The number of aromatic nitrogens is 6. The largest absolute Gasteiger partial charge is 0.285 e. The number of aromatic amines is 1. The summed E-state index contributed by atoms with van der Waals surface area (Å²) >= 11 is 0. The minimum absolute atomic E-state index is 0.325. The van der Waals surface area contributed by atoms with Crippen LogP contribution in [0.5, 0.6) is 0 Å². The summed E-state index contributed by atoms with van der Waals surface area (Å²) in [4.78, 5) is 8.96. The number of hydrogen-bond acceptors (Lipinski definition) is 4. The maximum Gasteiger partial charge on any atom is 0.116 e. The Hall–Kier alpha value is -3.02. The molecule has 0 bridgehead atoms. The van der Waals surface area contributed by atoms with Crippen molar-refractivity contribution in [3.05, 3.63) is 48.8 Å². The van der Waals surface area contributed by atoms with Crippen LogP contribution >= 0.6 is 0 Å². The minimum Gasteiger partial charge on any atom is -0.285 e. The van der Waals surface area contributed by atoms with E-state index in [1.54, 1.807) is 11.0 Å². The van der Waals surface area contributed by atoms with Crippen LogP contribution in [-0.2, 0) is 7.05 Å². The summed E-state index contributed by atoms with van der Waals surface area (Å²) in [7, 11) is 1.91. The van der Waals surface area contributed by atoms with Crippen LogP contribution in [0, 0.1) is 0 Å². The van der Waals surface area contributed by atoms with E-state index < -0.39 is 0 Å². The molecule has 1 aromatic carbocycles. The molecule has 0 unspecified atom stereocenters. The molecular formula is C18H18N6. The van der Waals surface area contributed by atoms with E-state index in [9.17, 15) is 0 Å². The summed E-state index contributed by atoms with van der Waals surface area (Å²) in [5, 5.41) is 12.6. The zero-order valence-electron chi connectivity index (χ0n) is 13.9. The molecule has 24 heavy (non-hydrogen) atoms. The molecule has 0 spiro atoms. The Morgan fingerprint density at radius 2 is 2.00 bits per heavy atom. The smallest absolute Gasteiger partial charge is 0.116 e. The predicted octanol–water partition coefficient (Wildman–Crippen LogP) is 3.54. The van der Waals surface area contributed by atoms with Crippen molar-refractivity contribution in [3.63, 3.8) is 0 Å². The summed E-state index contributed by atoms with van der Waals surface area (Å²) in [6, 6.07) is 6.23. The molecule has 1 N–H and O–H groups in total. The summed E-state index contributed by atoms with van der Waals surface area (Å²) in [6.07, 6.45) is 7.38. The zero-order chi connectivity index (χ0) is 16.7. The Morgan fingerprint density at radius 3 is 2.75 bits per heavy atom. The van der Waals surface area contributed by atoms with Gasteiger partial charge in [0.15, 0.2) is 0 Å². The Morgan fingerprint density at radius 1 is 1.12 bits per heavy atom. The minimum atomic E-state index is 0.325. The molecule has 0 radical (unpaired) electrons. The van der Waals surface area contributed by atoms with Gasteiger partial charge in [-0.05, 0) is 23.6 Å². The molecule has 0 saturated heterocycles. The van der Waals surface area contributed by atoms with Gasteiger partial charge in [0.2, 0.25) is 0 Å². The molecule has 0 fully saturated rings. The van der Waals surface area contributed by atoms with Crippen molar-refractivity contribution in [3.8, 4) is 22.4 Å². The summed E-state index contributed by atoms with van der Waals surface area (Å²) in [6.45, 7) is 4.26. The number of benzene rings is 1. The van der Waals surface area contributed by atoms with E-state index in [1.165, 1.54) is 0 Å². The first-order valence-corrected chi connectivity index (χ1v) is 7.91. The first-order valence-electron chi connectivity index (χ1n) is 7.91. The molecule has 6 heteroatoms. The predicted molar refractivity (Wildman–Crippen MR) is 93.4 cm³/mol. The van der Waals surface area contributed by atoms with Crippen molar-refractivity contribution in [1.82, 2.24) is 29.9 Å². The maximum absolute atomic E-state index is 4.51. The molecule has 4 aromatic rings. The quantitative estimate of drug-likeness (QED) is 0.627. The number of H-pyrrole nitrogens is 1. The molecule has 3 aromatic heterocycles. The fraction of sp³-hybridized carbons (Fsp3) is 0.222. The monoisotopic (exact) mass is 318 g/mol. The van der Waals surface area contributed by atoms with Gasteiger partial charge in [0, 0.05) is 36.0 Å². The van der Waals surface area contributed by atoms with E-state index in [0.717, 1.165) is 39.0 Å². The van der Waals surface area contributed by atoms with Gasteiger partial charge < -0.3 is 0 Å². The highest BCUT2D eigenvalue weighted by atomic mass is 15.2. The van der Waals surface area contributed by atoms with Crippen molar-refractivity contribution in [1.29, 1.82) is 0 Å². The second-order valence-electron chi connectivity index (χ2n) is 6.20. The number of hydrogen-bond donors (Lipinski definition) is 1. The van der Waals surface area contributed by atoms with Gasteiger partial charge in [-0.3, -0.25) is 9.78 Å². The van der Waals surface area contributed by atoms with Crippen molar-refractivity contribution >= 4 is 10.9 Å². The van der Waals surface area contributed by atoms with Crippen LogP contribution in [0.4, 0.5) is 0 Å². The van der Waals surface area contributed by atoms with E-state index in [0.29, 0.717) is 5.92 Å². The average Bonchev–Trinajstić information content (AvgIpc) is 3.22. The number of rotatable bonds is 3. The van der Waals surface area contributed by atoms with Gasteiger partial charge >= 0.3 is 0 Å². The summed E-state index contributed by atoms with van der Waals surface area (Å²) in [5.41, 5.74) is 6.05. The van der Waals surface area contributed by atoms with Crippen molar-refractivity contribution in [2.75, 3.05) is 0 Å². The summed E-state index contributed by atoms with van der Waals surface area (Å²) in [5.74, 6) is 0.325. The van der Waals surface area contributed by atoms with Crippen LogP contribution in [0.2, 0.25) is 0 Å². The van der Waals surface area contributed by atoms with Gasteiger partial charge in [-0.25, -0.2) is 9.97 Å². The van der Waals surface area contributed by atoms with Crippen LogP contribution < -0.4 is 0 Å². The first kappa shape index (κ1) is 14.6. The Kier molecular flexibility index (Phi) is 3.37. The first-order chi connectivity index (χ1) is 11.6. The van der Waals surface area contributed by atoms with Crippen molar-refractivity contribution in [2.45, 2.75) is 19.8 Å². The second-order valence-corrected chi connectivity index (χ2v) is 6.20. The number of fused-ring (bicyclic) bond motifs is 1. The lowest BCUT2D eigenvalue weighted by Gasteiger charge is -2.08. The van der Waals surface area contributed by atoms with Gasteiger partial charge in [-0.15, -0.1) is 0 Å². The lowest BCUT2D eigenvalue weighted by molar-refractivity contribution is 0.768. The van der Waals surface area contributed by atoms with E-state index >= 15 is 0 Å². The van der Waals surface area contributed by atoms with Gasteiger partial charge in [0.25, 0.3) is 0 Å². The Labute approximate surface area is 139 Å². The lowest BCUT2D eigenvalue weighted by Crippen LogP contribution is -1.94. The third-order valence-corrected chi connectivity index (χ3v) is 4.15. The zero-order valence-corrected chi connectivity index (χ0v) is 13.9. The van der Waals surface area contributed by atoms with E-state index in [4.69, 9.17) is 0 Å². The van der Waals surface area contributed by atoms with E-state index in [2.05, 4.69) is 57.3 Å². The molecule has 6 nitrogen and oxygen atoms in total. The van der Waals surface area contributed by atoms with E-state index in [1.807, 2.05) is 25.6 Å². The van der Waals surface area contributed by atoms with Gasteiger partial charge in [0.05, 0.1) is 23.1 Å². The number of nitrogens with one attached hydrogen (secondary N) is 1. The molecular weight excluding hydrogens is 300 g/mol. The standard InChI is InChI=1S/C18H18N6/c1-11(2)17-15(8-21-23-17)18-14-5-4-12(6-16(14)19-10-20-18)13-7-22-24(3)9-13/h4-11H,1-3H3,(H,21,23). The average molecular weight is 318 g/mol. The van der Waals surface area contributed by atoms with E-state index in [-0.39, 0.29) is 0 Å². The summed E-state index contributed by atoms with van der Waals surface area (Å²) < 4.78 is 1.80. The van der Waals surface area contributed by atoms with Gasteiger partial charge in [0.1, 0.15) is 6.33 Å². The normalized spacial score (nSPS) is 11.5. The molecule has 0 aliphatic rings. The fourth-order valence-electron chi connectivity index (χ4n) is 2.95. The topological polar surface area (TPSA) is 72.3 Å². The van der Waals surface area contributed by atoms with Crippen LogP contribution in [0.25, 0.3) is 33.3 Å². The molecule has 0 aliphatic heterocycles. The highest BCUT2D eigenvalue weighted by Gasteiger charge is 2.16. The Balaban J connectivity index is 1.88. The van der Waals surface area contributed by atoms with Crippen LogP contribution in [0.15, 0.2) is 43.1 Å². The van der Waals surface area contributed by atoms with Crippen LogP contribution in [0.3, 0.4) is 0 Å². The number of aryl methyl sites for hydroxylation is 1. The molecule has 0 amide bonds. The SMILES string of the molecule is CC(C)c1n[nH]cc1-c1ncnc2cc(-c3cnn(C)c3)ccc12. The Bertz CT molecular complexity index is 1010. The molecule has 120 valence electrons. The molecule has 3 heterocycles. The molecule has 0 atom stereocenters. The van der Waals surface area contributed by atoms with Gasteiger partial charge in [-0.2, -0.15) is 10.2 Å². The molecule has 0 saturated carbocycles. The number of nitrogens with zero attached hydrogens (tertiary/aromatic N) is 5.